The highest BCUT2D eigenvalue weighted by atomic mass is 19.4. The van der Waals surface area contributed by atoms with Crippen LogP contribution in [0.15, 0.2) is 109 Å². The number of aryl methyl sites for hydroxylation is 1. The number of amides is 8. The van der Waals surface area contributed by atoms with Crippen molar-refractivity contribution >= 4 is 59.2 Å². The van der Waals surface area contributed by atoms with E-state index in [2.05, 4.69) is 57.8 Å². The standard InChI is InChI=1S/C73H90F3N15O14/c1-10-42(7)63(92)82-61(39(2)3)69(98)88-34-51-31-58(88)67(96)78-54(27-44-13-11-41(6)12-14-44)65(94)80-56(71(100)101)29-45-15-17-48(18-16-45)37-105-60-36-91(87-85-60)52-32-59(89(35-52)70(99)62(40(4)5)83-64(93)43(8)77-9)68(97)79-55(28-46-19-23-49(24-20-46)73(74,75)76)66(95)81-57(72(102)103)30-47-21-25-53(26-22-47)104-38-50-33-90(51)86-84-50/h11-26,33,36,39-40,42-43,51-52,54-59,61-62,77H,10,27-32,34-35,37-38H2,1-9H3,(H,78,96)(H,79,97)(H,80,94)(H,81,95)(H,82,92)(H,83,93)(H,100,101)(H,102,103)/t42-,43+,51+,52+,54+,55+,56+,57+,58+,59+,61+,62+/m1/s1. The van der Waals surface area contributed by atoms with Crippen LogP contribution in [0.25, 0.3) is 0 Å². The van der Waals surface area contributed by atoms with Crippen LogP contribution in [0.3, 0.4) is 0 Å². The van der Waals surface area contributed by atoms with Crippen LogP contribution in [0, 0.1) is 24.7 Å². The van der Waals surface area contributed by atoms with E-state index in [9.17, 15) is 66.5 Å². The van der Waals surface area contributed by atoms with Crippen molar-refractivity contribution in [2.24, 2.45) is 17.8 Å². The lowest BCUT2D eigenvalue weighted by Gasteiger charge is -2.32. The molecule has 29 nitrogen and oxygen atoms in total. The number of alkyl halides is 3. The first-order valence-corrected chi connectivity index (χ1v) is 34.9. The molecule has 0 radical (unpaired) electrons. The zero-order valence-corrected chi connectivity index (χ0v) is 59.8. The highest BCUT2D eigenvalue weighted by Gasteiger charge is 2.47. The summed E-state index contributed by atoms with van der Waals surface area (Å²) in [6.45, 7) is 13.4. The highest BCUT2D eigenvalue weighted by molar-refractivity contribution is 5.98. The largest absolute Gasteiger partial charge is 0.487 e. The third kappa shape index (κ3) is 20.3. The molecule has 2 saturated heterocycles. The molecule has 0 aliphatic carbocycles. The van der Waals surface area contributed by atoms with Crippen molar-refractivity contribution in [2.45, 2.75) is 186 Å². The molecule has 32 heteroatoms. The Hall–Kier alpha value is -10.8. The lowest BCUT2D eigenvalue weighted by atomic mass is 9.99. The van der Waals surface area contributed by atoms with E-state index in [-0.39, 0.29) is 81.5 Å². The van der Waals surface area contributed by atoms with Crippen molar-refractivity contribution in [1.29, 1.82) is 0 Å². The number of nitrogens with zero attached hydrogens (tertiary/aromatic N) is 8. The summed E-state index contributed by atoms with van der Waals surface area (Å²) < 4.78 is 56.4. The minimum Gasteiger partial charge on any atom is -0.487 e. The molecule has 6 aromatic rings. The van der Waals surface area contributed by atoms with Crippen LogP contribution in [-0.2, 0) is 93.0 Å². The number of carbonyl (C=O) groups is 10. The molecular weight excluding hydrogens is 1370 g/mol. The average Bonchev–Trinajstić information content (AvgIpc) is 1.66. The number of hydrogen-bond donors (Lipinski definition) is 9. The molecule has 2 aromatic heterocycles. The summed E-state index contributed by atoms with van der Waals surface area (Å²) in [6.07, 6.45) is -2.49. The molecule has 9 N–H and O–H groups in total. The first-order valence-electron chi connectivity index (χ1n) is 34.9. The van der Waals surface area contributed by atoms with Crippen LogP contribution in [0.2, 0.25) is 0 Å². The van der Waals surface area contributed by atoms with Crippen molar-refractivity contribution in [1.82, 2.24) is 77.0 Å². The van der Waals surface area contributed by atoms with Gasteiger partial charge in [0.15, 0.2) is 0 Å². The predicted octanol–water partition coefficient (Wildman–Crippen LogP) is 3.97. The molecule has 562 valence electrons. The Bertz CT molecular complexity index is 4080. The molecule has 2 fully saturated rings. The monoisotopic (exact) mass is 1460 g/mol. The molecule has 0 unspecified atom stereocenters. The molecule has 0 spiro atoms. The van der Waals surface area contributed by atoms with Crippen molar-refractivity contribution in [3.8, 4) is 11.6 Å². The zero-order chi connectivity index (χ0) is 76.1. The van der Waals surface area contributed by atoms with Crippen LogP contribution in [0.5, 0.6) is 11.6 Å². The third-order valence-electron chi connectivity index (χ3n) is 19.2. The van der Waals surface area contributed by atoms with Crippen LogP contribution in [0.1, 0.15) is 124 Å². The van der Waals surface area contributed by atoms with Gasteiger partial charge in [0, 0.05) is 57.5 Å². The Morgan fingerprint density at radius 2 is 1.04 bits per heavy atom. The molecule has 12 rings (SSSR count). The van der Waals surface area contributed by atoms with Gasteiger partial charge in [-0.15, -0.1) is 5.10 Å². The van der Waals surface area contributed by atoms with Gasteiger partial charge < -0.3 is 66.7 Å². The fraction of sp³-hybridized carbons (Fsp3) is 0.479. The maximum Gasteiger partial charge on any atom is 0.416 e. The van der Waals surface area contributed by atoms with E-state index >= 15 is 4.79 Å². The number of nitrogens with one attached hydrogen (secondary N) is 7. The Labute approximate surface area is 604 Å². The number of aliphatic carboxylic acids is 2. The average molecular weight is 1460 g/mol. The lowest BCUT2D eigenvalue weighted by Crippen LogP contribution is -2.59. The number of likely N-dealkylation sites (tertiary alicyclic amines) is 2. The van der Waals surface area contributed by atoms with Crippen molar-refractivity contribution in [3.63, 3.8) is 0 Å². The number of ether oxygens (including phenoxy) is 2. The number of aromatic nitrogens is 6. The topological polar surface area (TPSA) is 382 Å². The number of carboxylic acids is 2. The highest BCUT2D eigenvalue weighted by Crippen LogP contribution is 2.33. The van der Waals surface area contributed by atoms with E-state index in [0.29, 0.717) is 34.4 Å². The SMILES string of the molecule is CC[C@@H](C)C(=O)N[C@H](C(=O)N1C[C@@H]2C[C@H]1C(=O)N[C@@H](Cc1ccc(C)cc1)C(=O)N[C@H](C(=O)O)Cc1ccc(cc1)COc1cn(nn1)[C@H]1C[C@@H](C(=O)N[C@@H](Cc3ccc(C(F)(F)F)cc3)C(=O)N[C@H](C(=O)O)Cc3ccc(cc3)OCc3cn2nn3)N(C(=O)[C@@H](NC(=O)[C@H](C)NC)C(C)C)C1)C(C)C. The smallest absolute Gasteiger partial charge is 0.416 e. The number of rotatable bonds is 16. The number of carbonyl (C=O) groups excluding carboxylic acids is 8. The summed E-state index contributed by atoms with van der Waals surface area (Å²) in [5.41, 5.74) is 2.49. The maximum atomic E-state index is 15.0. The molecule has 6 aliphatic rings. The number of carboxylic acid groups (broad SMARTS) is 2. The number of benzene rings is 4. The predicted molar refractivity (Wildman–Crippen MR) is 372 cm³/mol. The van der Waals surface area contributed by atoms with Gasteiger partial charge in [-0.25, -0.2) is 19.0 Å². The van der Waals surface area contributed by atoms with E-state index in [1.165, 1.54) is 37.5 Å². The van der Waals surface area contributed by atoms with E-state index in [1.807, 2.05) is 26.0 Å². The second-order valence-electron chi connectivity index (χ2n) is 27.8. The second-order valence-corrected chi connectivity index (χ2v) is 27.8. The fourth-order valence-electron chi connectivity index (χ4n) is 12.5. The van der Waals surface area contributed by atoms with Gasteiger partial charge in [0.05, 0.1) is 36.1 Å². The normalized spacial score (nSPS) is 22.0. The molecule has 8 amide bonds. The molecular formula is C73H90F3N15O14. The van der Waals surface area contributed by atoms with E-state index in [0.717, 1.165) is 29.8 Å². The summed E-state index contributed by atoms with van der Waals surface area (Å²) in [6, 6.07) is 10.5. The quantitative estimate of drug-likeness (QED) is 0.0662. The molecule has 6 aliphatic heterocycles. The van der Waals surface area contributed by atoms with Crippen molar-refractivity contribution in [3.05, 3.63) is 154 Å². The summed E-state index contributed by atoms with van der Waals surface area (Å²) in [4.78, 5) is 145. The first kappa shape index (κ1) is 78.3. The van der Waals surface area contributed by atoms with Gasteiger partial charge >= 0.3 is 18.1 Å². The van der Waals surface area contributed by atoms with Crippen molar-refractivity contribution in [2.75, 3.05) is 20.1 Å². The van der Waals surface area contributed by atoms with E-state index < -0.39 is 156 Å². The van der Waals surface area contributed by atoms with Crippen LogP contribution < -0.4 is 46.7 Å². The van der Waals surface area contributed by atoms with Gasteiger partial charge in [-0.05, 0) is 91.2 Å². The van der Waals surface area contributed by atoms with Gasteiger partial charge in [-0.1, -0.05) is 135 Å². The Morgan fingerprint density at radius 1 is 0.581 bits per heavy atom. The van der Waals surface area contributed by atoms with Gasteiger partial charge in [0.1, 0.15) is 73.0 Å². The van der Waals surface area contributed by atoms with E-state index in [4.69, 9.17) is 9.47 Å². The third-order valence-corrected chi connectivity index (χ3v) is 19.2. The molecule has 8 heterocycles. The van der Waals surface area contributed by atoms with Crippen LogP contribution in [0.4, 0.5) is 13.2 Å². The molecule has 12 bridgehead atoms. The van der Waals surface area contributed by atoms with Gasteiger partial charge in [-0.3, -0.25) is 38.4 Å². The summed E-state index contributed by atoms with van der Waals surface area (Å²) in [5, 5.41) is 57.5. The van der Waals surface area contributed by atoms with Gasteiger partial charge in [-0.2, -0.15) is 13.2 Å². The minimum absolute atomic E-state index is 0.00468. The summed E-state index contributed by atoms with van der Waals surface area (Å²) >= 11 is 0. The van der Waals surface area contributed by atoms with Gasteiger partial charge in [0.25, 0.3) is 5.88 Å². The lowest BCUT2D eigenvalue weighted by molar-refractivity contribution is -0.144. The fourth-order valence-corrected chi connectivity index (χ4v) is 12.5. The first-order chi connectivity index (χ1) is 49.9. The van der Waals surface area contributed by atoms with Crippen molar-refractivity contribution < 1.29 is 80.8 Å². The number of hydrogen-bond acceptors (Lipinski definition) is 17. The molecule has 4 aromatic carbocycles. The van der Waals surface area contributed by atoms with Crippen LogP contribution >= 0.6 is 0 Å². The molecule has 0 saturated carbocycles. The Morgan fingerprint density at radius 3 is 1.50 bits per heavy atom. The Kier molecular flexibility index (Phi) is 25.9. The Balaban J connectivity index is 1.04. The second kappa shape index (κ2) is 34.7. The number of halogens is 3. The number of likely N-dealkylation sites (N-methyl/N-ethyl adjacent to an activating group) is 1. The van der Waals surface area contributed by atoms with E-state index in [1.54, 1.807) is 103 Å². The summed E-state index contributed by atoms with van der Waals surface area (Å²) in [7, 11) is 1.56. The zero-order valence-electron chi connectivity index (χ0n) is 59.8. The maximum absolute atomic E-state index is 15.0. The summed E-state index contributed by atoms with van der Waals surface area (Å²) in [5.74, 6) is -9.61. The van der Waals surface area contributed by atoms with Crippen LogP contribution in [-0.4, -0.2) is 184 Å². The van der Waals surface area contributed by atoms with Gasteiger partial charge in [0.2, 0.25) is 47.3 Å². The molecule has 105 heavy (non-hydrogen) atoms. The molecule has 12 atom stereocenters. The minimum atomic E-state index is -4.72.